The Morgan fingerprint density at radius 3 is 2.89 bits per heavy atom. The van der Waals surface area contributed by atoms with Crippen molar-refractivity contribution in [3.05, 3.63) is 54.1 Å². The predicted molar refractivity (Wildman–Crippen MR) is 71.5 cm³/mol. The first kappa shape index (κ1) is 13.1. The molecule has 0 spiro atoms. The third kappa shape index (κ3) is 4.46. The van der Waals surface area contributed by atoms with E-state index in [1.165, 1.54) is 0 Å². The molecule has 0 bridgehead atoms. The van der Waals surface area contributed by atoms with Crippen LogP contribution in [0, 0.1) is 0 Å². The number of carbonyl (C=O) groups is 1. The molecule has 0 aliphatic rings. The quantitative estimate of drug-likeness (QED) is 0.865. The minimum absolute atomic E-state index is 0.0329. The van der Waals surface area contributed by atoms with Crippen LogP contribution in [0.3, 0.4) is 0 Å². The molecule has 1 aromatic heterocycles. The maximum atomic E-state index is 11.6. The van der Waals surface area contributed by atoms with E-state index in [2.05, 4.69) is 15.3 Å². The molecule has 1 heterocycles. The fraction of sp³-hybridized carbons (Fsp3) is 0.286. The molecule has 2 N–H and O–H groups in total. The van der Waals surface area contributed by atoms with Crippen molar-refractivity contribution in [3.63, 3.8) is 0 Å². The zero-order valence-corrected chi connectivity index (χ0v) is 10.8. The van der Waals surface area contributed by atoms with Crippen molar-refractivity contribution in [2.24, 2.45) is 0 Å². The van der Waals surface area contributed by atoms with Gasteiger partial charge in [0.2, 0.25) is 0 Å². The van der Waals surface area contributed by atoms with E-state index in [4.69, 9.17) is 4.74 Å². The second kappa shape index (κ2) is 6.58. The van der Waals surface area contributed by atoms with E-state index in [1.807, 2.05) is 37.3 Å². The summed E-state index contributed by atoms with van der Waals surface area (Å²) >= 11 is 0. The first-order chi connectivity index (χ1) is 9.24. The fourth-order valence-electron chi connectivity index (χ4n) is 1.72. The number of hydrogen-bond acceptors (Lipinski definition) is 3. The molecular weight excluding hydrogens is 242 g/mol. The number of amides is 1. The van der Waals surface area contributed by atoms with Crippen LogP contribution in [0.5, 0.6) is 0 Å². The highest BCUT2D eigenvalue weighted by Crippen LogP contribution is 2.01. The van der Waals surface area contributed by atoms with Gasteiger partial charge in [-0.25, -0.2) is 9.78 Å². The Balaban J connectivity index is 1.72. The lowest BCUT2D eigenvalue weighted by Crippen LogP contribution is -2.34. The van der Waals surface area contributed by atoms with E-state index in [0.29, 0.717) is 6.42 Å². The Hall–Kier alpha value is -2.30. The molecule has 0 radical (unpaired) electrons. The highest BCUT2D eigenvalue weighted by molar-refractivity contribution is 5.67. The van der Waals surface area contributed by atoms with Crippen molar-refractivity contribution < 1.29 is 9.53 Å². The van der Waals surface area contributed by atoms with Crippen LogP contribution in [0.15, 0.2) is 42.7 Å². The summed E-state index contributed by atoms with van der Waals surface area (Å²) in [6.45, 7) is 2.19. The molecule has 0 aliphatic heterocycles. The lowest BCUT2D eigenvalue weighted by Gasteiger charge is -2.12. The van der Waals surface area contributed by atoms with Crippen molar-refractivity contribution in [3.8, 4) is 0 Å². The number of nitrogens with zero attached hydrogens (tertiary/aromatic N) is 1. The zero-order chi connectivity index (χ0) is 13.5. The van der Waals surface area contributed by atoms with Gasteiger partial charge < -0.3 is 15.0 Å². The van der Waals surface area contributed by atoms with Gasteiger partial charge in [-0.2, -0.15) is 0 Å². The normalized spacial score (nSPS) is 11.8. The Bertz CT molecular complexity index is 497. The number of carbonyl (C=O) groups excluding carboxylic acids is 1. The molecule has 19 heavy (non-hydrogen) atoms. The lowest BCUT2D eigenvalue weighted by molar-refractivity contribution is 0.136. The number of imidazole rings is 1. The molecule has 1 aromatic carbocycles. The number of hydrogen-bond donors (Lipinski definition) is 2. The van der Waals surface area contributed by atoms with Crippen LogP contribution in [-0.4, -0.2) is 22.1 Å². The number of benzene rings is 1. The first-order valence-electron chi connectivity index (χ1n) is 6.19. The van der Waals surface area contributed by atoms with Gasteiger partial charge in [-0.15, -0.1) is 0 Å². The number of nitrogens with one attached hydrogen (secondary N) is 2. The topological polar surface area (TPSA) is 67.0 Å². The third-order valence-electron chi connectivity index (χ3n) is 2.63. The standard InChI is InChI=1S/C14H17N3O2/c1-11(9-13-15-7-8-16-13)17-14(18)19-10-12-5-3-2-4-6-12/h2-8,11H,9-10H2,1H3,(H,15,16)(H,17,18). The molecule has 1 atom stereocenters. The number of aromatic amines is 1. The summed E-state index contributed by atoms with van der Waals surface area (Å²) in [4.78, 5) is 18.7. The van der Waals surface area contributed by atoms with Gasteiger partial charge in [-0.05, 0) is 12.5 Å². The Labute approximate surface area is 112 Å². The summed E-state index contributed by atoms with van der Waals surface area (Å²) in [6.07, 6.45) is 3.68. The molecule has 5 nitrogen and oxygen atoms in total. The molecule has 0 saturated heterocycles. The second-order valence-corrected chi connectivity index (χ2v) is 4.35. The summed E-state index contributed by atoms with van der Waals surface area (Å²) in [7, 11) is 0. The molecular formula is C14H17N3O2. The van der Waals surface area contributed by atoms with Crippen LogP contribution < -0.4 is 5.32 Å². The molecule has 2 aromatic rings. The molecule has 100 valence electrons. The van der Waals surface area contributed by atoms with E-state index in [9.17, 15) is 4.79 Å². The number of aromatic nitrogens is 2. The second-order valence-electron chi connectivity index (χ2n) is 4.35. The minimum Gasteiger partial charge on any atom is -0.445 e. The van der Waals surface area contributed by atoms with Crippen LogP contribution in [0.4, 0.5) is 4.79 Å². The average molecular weight is 259 g/mol. The van der Waals surface area contributed by atoms with Gasteiger partial charge in [-0.3, -0.25) is 0 Å². The average Bonchev–Trinajstić information content (AvgIpc) is 2.90. The predicted octanol–water partition coefficient (Wildman–Crippen LogP) is 2.27. The first-order valence-corrected chi connectivity index (χ1v) is 6.19. The molecule has 0 saturated carbocycles. The van der Waals surface area contributed by atoms with Gasteiger partial charge in [0.05, 0.1) is 0 Å². The zero-order valence-electron chi connectivity index (χ0n) is 10.8. The van der Waals surface area contributed by atoms with Crippen LogP contribution >= 0.6 is 0 Å². The maximum absolute atomic E-state index is 11.6. The Morgan fingerprint density at radius 2 is 2.21 bits per heavy atom. The number of H-pyrrole nitrogens is 1. The van der Waals surface area contributed by atoms with Gasteiger partial charge in [0, 0.05) is 24.9 Å². The summed E-state index contributed by atoms with van der Waals surface area (Å²) in [5, 5.41) is 2.77. The van der Waals surface area contributed by atoms with Crippen molar-refractivity contribution in [1.82, 2.24) is 15.3 Å². The number of ether oxygens (including phenoxy) is 1. The van der Waals surface area contributed by atoms with E-state index < -0.39 is 6.09 Å². The minimum atomic E-state index is -0.414. The van der Waals surface area contributed by atoms with Crippen LogP contribution in [-0.2, 0) is 17.8 Å². The molecule has 2 rings (SSSR count). The van der Waals surface area contributed by atoms with Gasteiger partial charge in [0.1, 0.15) is 12.4 Å². The number of rotatable bonds is 5. The van der Waals surface area contributed by atoms with E-state index in [1.54, 1.807) is 12.4 Å². The Morgan fingerprint density at radius 1 is 1.42 bits per heavy atom. The molecule has 5 heteroatoms. The highest BCUT2D eigenvalue weighted by atomic mass is 16.5. The molecule has 1 unspecified atom stereocenters. The maximum Gasteiger partial charge on any atom is 0.407 e. The van der Waals surface area contributed by atoms with Crippen LogP contribution in [0.25, 0.3) is 0 Å². The van der Waals surface area contributed by atoms with Crippen molar-refractivity contribution in [1.29, 1.82) is 0 Å². The van der Waals surface area contributed by atoms with Gasteiger partial charge in [0.25, 0.3) is 0 Å². The number of alkyl carbamates (subject to hydrolysis) is 1. The smallest absolute Gasteiger partial charge is 0.407 e. The lowest BCUT2D eigenvalue weighted by atomic mass is 10.2. The van der Waals surface area contributed by atoms with Gasteiger partial charge >= 0.3 is 6.09 Å². The summed E-state index contributed by atoms with van der Waals surface area (Å²) in [5.74, 6) is 0.843. The third-order valence-corrected chi connectivity index (χ3v) is 2.63. The SMILES string of the molecule is CC(Cc1ncc[nH]1)NC(=O)OCc1ccccc1. The van der Waals surface area contributed by atoms with Crippen molar-refractivity contribution in [2.75, 3.05) is 0 Å². The van der Waals surface area contributed by atoms with Gasteiger partial charge in [0.15, 0.2) is 0 Å². The summed E-state index contributed by atoms with van der Waals surface area (Å²) < 4.78 is 5.14. The highest BCUT2D eigenvalue weighted by Gasteiger charge is 2.10. The van der Waals surface area contributed by atoms with Gasteiger partial charge in [-0.1, -0.05) is 30.3 Å². The van der Waals surface area contributed by atoms with E-state index in [-0.39, 0.29) is 12.6 Å². The monoisotopic (exact) mass is 259 g/mol. The molecule has 0 fully saturated rings. The van der Waals surface area contributed by atoms with Crippen molar-refractivity contribution >= 4 is 6.09 Å². The summed E-state index contributed by atoms with van der Waals surface area (Å²) in [6, 6.07) is 9.55. The van der Waals surface area contributed by atoms with Crippen LogP contribution in [0.1, 0.15) is 18.3 Å². The summed E-state index contributed by atoms with van der Waals surface area (Å²) in [5.41, 5.74) is 0.969. The molecule has 0 aliphatic carbocycles. The fourth-order valence-corrected chi connectivity index (χ4v) is 1.72. The van der Waals surface area contributed by atoms with E-state index in [0.717, 1.165) is 11.4 Å². The Kier molecular flexibility index (Phi) is 4.55. The van der Waals surface area contributed by atoms with Crippen molar-refractivity contribution in [2.45, 2.75) is 26.0 Å². The van der Waals surface area contributed by atoms with Crippen LogP contribution in [0.2, 0.25) is 0 Å². The molecule has 1 amide bonds. The van der Waals surface area contributed by atoms with E-state index >= 15 is 0 Å². The largest absolute Gasteiger partial charge is 0.445 e.